The zero-order valence-electron chi connectivity index (χ0n) is 11.4. The van der Waals surface area contributed by atoms with Crippen LogP contribution < -0.4 is 0 Å². The van der Waals surface area contributed by atoms with Crippen LogP contribution in [-0.4, -0.2) is 5.78 Å². The van der Waals surface area contributed by atoms with Crippen molar-refractivity contribution in [2.24, 2.45) is 0 Å². The highest BCUT2D eigenvalue weighted by Crippen LogP contribution is 2.36. The summed E-state index contributed by atoms with van der Waals surface area (Å²) < 4.78 is 5.42. The summed E-state index contributed by atoms with van der Waals surface area (Å²) in [6.07, 6.45) is 3.90. The van der Waals surface area contributed by atoms with Crippen LogP contribution >= 0.6 is 0 Å². The minimum atomic E-state index is 0.0505. The summed E-state index contributed by atoms with van der Waals surface area (Å²) in [6.45, 7) is 3.70. The second-order valence-corrected chi connectivity index (χ2v) is 5.41. The molecule has 1 aromatic heterocycles. The average molecular weight is 254 g/mol. The van der Waals surface area contributed by atoms with Gasteiger partial charge in [0.2, 0.25) is 0 Å². The van der Waals surface area contributed by atoms with Crippen LogP contribution in [0, 0.1) is 13.8 Å². The molecule has 0 radical (unpaired) electrons. The van der Waals surface area contributed by atoms with E-state index in [1.807, 2.05) is 32.0 Å². The largest absolute Gasteiger partial charge is 0.466 e. The molecule has 1 saturated carbocycles. The third kappa shape index (κ3) is 2.23. The van der Waals surface area contributed by atoms with Crippen molar-refractivity contribution in [3.63, 3.8) is 0 Å². The van der Waals surface area contributed by atoms with E-state index in [4.69, 9.17) is 4.42 Å². The number of aryl methyl sites for hydroxylation is 2. The van der Waals surface area contributed by atoms with Crippen molar-refractivity contribution >= 4 is 5.78 Å². The maximum atomic E-state index is 12.4. The third-order valence-electron chi connectivity index (χ3n) is 4.04. The molecule has 1 aliphatic carbocycles. The first-order valence-electron chi connectivity index (χ1n) is 6.87. The van der Waals surface area contributed by atoms with Crippen LogP contribution in [0.1, 0.15) is 58.2 Å². The Morgan fingerprint density at radius 2 is 1.84 bits per heavy atom. The Morgan fingerprint density at radius 1 is 1.16 bits per heavy atom. The van der Waals surface area contributed by atoms with Crippen molar-refractivity contribution in [2.45, 2.75) is 39.0 Å². The van der Waals surface area contributed by atoms with E-state index < -0.39 is 0 Å². The second kappa shape index (κ2) is 4.69. The number of carbonyl (C=O) groups excluding carboxylic acids is 1. The van der Waals surface area contributed by atoms with Crippen molar-refractivity contribution in [3.8, 4) is 0 Å². The van der Waals surface area contributed by atoms with Gasteiger partial charge in [0.15, 0.2) is 5.78 Å². The standard InChI is InChI=1S/C17H18O2/c1-11-10-16(12(2)19-11)17(18)15-8-6-14(7-9-15)13-4-3-5-13/h6-10,13H,3-5H2,1-2H3. The van der Waals surface area contributed by atoms with Gasteiger partial charge in [-0.15, -0.1) is 0 Å². The second-order valence-electron chi connectivity index (χ2n) is 5.41. The Balaban J connectivity index is 1.85. The topological polar surface area (TPSA) is 30.2 Å². The molecule has 1 fully saturated rings. The fourth-order valence-electron chi connectivity index (χ4n) is 2.66. The summed E-state index contributed by atoms with van der Waals surface area (Å²) in [5, 5.41) is 0. The van der Waals surface area contributed by atoms with Gasteiger partial charge in [-0.1, -0.05) is 30.7 Å². The van der Waals surface area contributed by atoms with E-state index in [0.717, 1.165) is 11.3 Å². The Hall–Kier alpha value is -1.83. The average Bonchev–Trinajstić information content (AvgIpc) is 2.66. The zero-order chi connectivity index (χ0) is 13.4. The predicted octanol–water partition coefficient (Wildman–Crippen LogP) is 4.39. The van der Waals surface area contributed by atoms with Crippen molar-refractivity contribution in [3.05, 3.63) is 58.5 Å². The fraction of sp³-hybridized carbons (Fsp3) is 0.353. The smallest absolute Gasteiger partial charge is 0.196 e. The highest BCUT2D eigenvalue weighted by atomic mass is 16.3. The van der Waals surface area contributed by atoms with E-state index in [0.29, 0.717) is 17.2 Å². The number of hydrogen-bond donors (Lipinski definition) is 0. The summed E-state index contributed by atoms with van der Waals surface area (Å²) in [7, 11) is 0. The van der Waals surface area contributed by atoms with Crippen LogP contribution in [0.3, 0.4) is 0 Å². The molecule has 0 aliphatic heterocycles. The number of benzene rings is 1. The molecule has 0 unspecified atom stereocenters. The van der Waals surface area contributed by atoms with Gasteiger partial charge in [0.05, 0.1) is 5.56 Å². The van der Waals surface area contributed by atoms with Gasteiger partial charge < -0.3 is 4.42 Å². The van der Waals surface area contributed by atoms with Crippen molar-refractivity contribution in [1.29, 1.82) is 0 Å². The molecule has 2 aromatic rings. The quantitative estimate of drug-likeness (QED) is 0.760. The maximum absolute atomic E-state index is 12.4. The number of furan rings is 1. The van der Waals surface area contributed by atoms with E-state index in [2.05, 4.69) is 12.1 Å². The van der Waals surface area contributed by atoms with Gasteiger partial charge in [0.25, 0.3) is 0 Å². The monoisotopic (exact) mass is 254 g/mol. The van der Waals surface area contributed by atoms with Gasteiger partial charge in [-0.2, -0.15) is 0 Å². The molecule has 0 bridgehead atoms. The first-order chi connectivity index (χ1) is 9.15. The molecular weight excluding hydrogens is 236 g/mol. The van der Waals surface area contributed by atoms with Gasteiger partial charge in [0, 0.05) is 5.56 Å². The van der Waals surface area contributed by atoms with E-state index in [1.54, 1.807) is 0 Å². The van der Waals surface area contributed by atoms with Crippen molar-refractivity contribution < 1.29 is 9.21 Å². The van der Waals surface area contributed by atoms with Crippen LogP contribution in [0.5, 0.6) is 0 Å². The molecule has 2 nitrogen and oxygen atoms in total. The van der Waals surface area contributed by atoms with Crippen LogP contribution in [0.25, 0.3) is 0 Å². The molecule has 3 rings (SSSR count). The first-order valence-corrected chi connectivity index (χ1v) is 6.87. The predicted molar refractivity (Wildman–Crippen MR) is 74.6 cm³/mol. The molecule has 1 aromatic carbocycles. The highest BCUT2D eigenvalue weighted by molar-refractivity contribution is 6.09. The SMILES string of the molecule is Cc1cc(C(=O)c2ccc(C3CCC3)cc2)c(C)o1. The summed E-state index contributed by atoms with van der Waals surface area (Å²) in [5.74, 6) is 2.24. The Labute approximate surface area is 113 Å². The minimum Gasteiger partial charge on any atom is -0.466 e. The number of hydrogen-bond acceptors (Lipinski definition) is 2. The summed E-state index contributed by atoms with van der Waals surface area (Å²) in [5.41, 5.74) is 2.78. The lowest BCUT2D eigenvalue weighted by Crippen LogP contribution is -2.09. The third-order valence-corrected chi connectivity index (χ3v) is 4.04. The summed E-state index contributed by atoms with van der Waals surface area (Å²) >= 11 is 0. The molecule has 0 saturated heterocycles. The molecule has 0 N–H and O–H groups in total. The molecule has 98 valence electrons. The van der Waals surface area contributed by atoms with E-state index in [-0.39, 0.29) is 5.78 Å². The normalized spacial score (nSPS) is 15.3. The molecule has 0 amide bonds. The van der Waals surface area contributed by atoms with Crippen molar-refractivity contribution in [2.75, 3.05) is 0 Å². The van der Waals surface area contributed by atoms with Gasteiger partial charge in [0.1, 0.15) is 11.5 Å². The van der Waals surface area contributed by atoms with Gasteiger partial charge >= 0.3 is 0 Å². The number of carbonyl (C=O) groups is 1. The van der Waals surface area contributed by atoms with Crippen LogP contribution in [0.15, 0.2) is 34.7 Å². The van der Waals surface area contributed by atoms with Crippen LogP contribution in [-0.2, 0) is 0 Å². The lowest BCUT2D eigenvalue weighted by atomic mass is 9.80. The maximum Gasteiger partial charge on any atom is 0.196 e. The Morgan fingerprint density at radius 3 is 2.32 bits per heavy atom. The minimum absolute atomic E-state index is 0.0505. The summed E-state index contributed by atoms with van der Waals surface area (Å²) in [6, 6.07) is 9.89. The molecule has 0 spiro atoms. The molecule has 1 heterocycles. The van der Waals surface area contributed by atoms with Crippen molar-refractivity contribution in [1.82, 2.24) is 0 Å². The lowest BCUT2D eigenvalue weighted by Gasteiger charge is -2.25. The van der Waals surface area contributed by atoms with Gasteiger partial charge in [-0.25, -0.2) is 0 Å². The van der Waals surface area contributed by atoms with Crippen LogP contribution in [0.4, 0.5) is 0 Å². The zero-order valence-corrected chi connectivity index (χ0v) is 11.4. The van der Waals surface area contributed by atoms with Crippen LogP contribution in [0.2, 0.25) is 0 Å². The summed E-state index contributed by atoms with van der Waals surface area (Å²) in [4.78, 5) is 12.4. The molecule has 0 atom stereocenters. The molecular formula is C17H18O2. The molecule has 2 heteroatoms. The van der Waals surface area contributed by atoms with E-state index in [1.165, 1.54) is 24.8 Å². The van der Waals surface area contributed by atoms with Gasteiger partial charge in [-0.05, 0) is 44.2 Å². The van der Waals surface area contributed by atoms with E-state index in [9.17, 15) is 4.79 Å². The highest BCUT2D eigenvalue weighted by Gasteiger charge is 2.20. The lowest BCUT2D eigenvalue weighted by molar-refractivity contribution is 0.103. The van der Waals surface area contributed by atoms with E-state index >= 15 is 0 Å². The number of rotatable bonds is 3. The van der Waals surface area contributed by atoms with Gasteiger partial charge in [-0.3, -0.25) is 4.79 Å². The number of ketones is 1. The Bertz CT molecular complexity index is 601. The Kier molecular flexibility index (Phi) is 3.02. The molecule has 19 heavy (non-hydrogen) atoms. The molecule has 1 aliphatic rings. The fourth-order valence-corrected chi connectivity index (χ4v) is 2.66. The first kappa shape index (κ1) is 12.2.